The second kappa shape index (κ2) is 11.8. The largest absolute Gasteiger partial charge is 0.355 e. The number of nitrogens with one attached hydrogen (secondary N) is 1. The molecule has 166 valence electrons. The van der Waals surface area contributed by atoms with Crippen molar-refractivity contribution in [1.82, 2.24) is 10.2 Å². The summed E-state index contributed by atoms with van der Waals surface area (Å²) in [6, 6.07) is 27.5. The lowest BCUT2D eigenvalue weighted by molar-refractivity contribution is -0.141. The van der Waals surface area contributed by atoms with Crippen molar-refractivity contribution in [2.75, 3.05) is 6.54 Å². The summed E-state index contributed by atoms with van der Waals surface area (Å²) in [5.41, 5.74) is 4.32. The molecule has 0 heterocycles. The number of hydrogen-bond donors (Lipinski definition) is 1. The number of aryl methyl sites for hydroxylation is 2. The number of rotatable bonds is 10. The Morgan fingerprint density at radius 1 is 0.844 bits per heavy atom. The van der Waals surface area contributed by atoms with Gasteiger partial charge in [-0.1, -0.05) is 90.5 Å². The van der Waals surface area contributed by atoms with E-state index in [1.165, 1.54) is 0 Å². The Morgan fingerprint density at radius 3 is 2.09 bits per heavy atom. The van der Waals surface area contributed by atoms with E-state index < -0.39 is 6.04 Å². The van der Waals surface area contributed by atoms with Gasteiger partial charge in [0.25, 0.3) is 0 Å². The molecular weight excluding hydrogens is 396 g/mol. The van der Waals surface area contributed by atoms with Gasteiger partial charge in [-0.2, -0.15) is 0 Å². The van der Waals surface area contributed by atoms with Crippen LogP contribution in [0.1, 0.15) is 35.6 Å². The quantitative estimate of drug-likeness (QED) is 0.509. The third-order valence-electron chi connectivity index (χ3n) is 5.53. The fourth-order valence-electron chi connectivity index (χ4n) is 3.89. The zero-order valence-corrected chi connectivity index (χ0v) is 19.0. The molecule has 0 fully saturated rings. The molecule has 0 unspecified atom stereocenters. The number of benzene rings is 3. The number of carbonyl (C=O) groups is 2. The van der Waals surface area contributed by atoms with E-state index in [1.807, 2.05) is 92.7 Å². The summed E-state index contributed by atoms with van der Waals surface area (Å²) in [7, 11) is 0. The molecule has 0 aliphatic rings. The van der Waals surface area contributed by atoms with Gasteiger partial charge in [0, 0.05) is 25.9 Å². The van der Waals surface area contributed by atoms with E-state index in [-0.39, 0.29) is 11.8 Å². The highest BCUT2D eigenvalue weighted by molar-refractivity contribution is 5.88. The van der Waals surface area contributed by atoms with Crippen LogP contribution in [0.25, 0.3) is 0 Å². The molecule has 4 heteroatoms. The summed E-state index contributed by atoms with van der Waals surface area (Å²) in [5, 5.41) is 2.94. The number of likely N-dealkylation sites (N-methyl/N-ethyl adjacent to an activating group) is 1. The first-order valence-electron chi connectivity index (χ1n) is 11.3. The van der Waals surface area contributed by atoms with Gasteiger partial charge in [0.2, 0.25) is 11.8 Å². The normalized spacial score (nSPS) is 11.6. The van der Waals surface area contributed by atoms with E-state index in [1.54, 1.807) is 4.90 Å². The molecule has 4 nitrogen and oxygen atoms in total. The van der Waals surface area contributed by atoms with Crippen molar-refractivity contribution >= 4 is 11.8 Å². The number of hydrogen-bond acceptors (Lipinski definition) is 2. The average molecular weight is 429 g/mol. The van der Waals surface area contributed by atoms with E-state index in [4.69, 9.17) is 0 Å². The van der Waals surface area contributed by atoms with E-state index in [2.05, 4.69) is 11.4 Å². The van der Waals surface area contributed by atoms with Crippen molar-refractivity contribution in [1.29, 1.82) is 0 Å². The Balaban J connectivity index is 1.88. The van der Waals surface area contributed by atoms with Crippen molar-refractivity contribution in [2.24, 2.45) is 0 Å². The fraction of sp³-hybridized carbons (Fsp3) is 0.286. The van der Waals surface area contributed by atoms with Crippen LogP contribution in [-0.2, 0) is 29.0 Å². The van der Waals surface area contributed by atoms with Crippen LogP contribution in [0.4, 0.5) is 0 Å². The number of carbonyl (C=O) groups excluding carboxylic acids is 2. The molecule has 0 aliphatic heterocycles. The van der Waals surface area contributed by atoms with E-state index >= 15 is 0 Å². The van der Waals surface area contributed by atoms with Gasteiger partial charge >= 0.3 is 0 Å². The molecule has 0 bridgehead atoms. The second-order valence-electron chi connectivity index (χ2n) is 8.10. The molecule has 3 aromatic rings. The van der Waals surface area contributed by atoms with Gasteiger partial charge in [-0.3, -0.25) is 9.59 Å². The minimum Gasteiger partial charge on any atom is -0.355 e. The molecule has 1 atom stereocenters. The highest BCUT2D eigenvalue weighted by Crippen LogP contribution is 2.17. The second-order valence-corrected chi connectivity index (χ2v) is 8.10. The summed E-state index contributed by atoms with van der Waals surface area (Å²) in [5.74, 6) is -0.125. The lowest BCUT2D eigenvalue weighted by atomic mass is 10.0. The molecule has 2 amide bonds. The van der Waals surface area contributed by atoms with E-state index in [0.29, 0.717) is 32.4 Å². The fourth-order valence-corrected chi connectivity index (χ4v) is 3.89. The zero-order chi connectivity index (χ0) is 22.8. The average Bonchev–Trinajstić information content (AvgIpc) is 2.81. The first-order chi connectivity index (χ1) is 15.6. The standard InChI is InChI=1S/C28H32N2O2/c1-3-29-28(32)26(20-24-14-8-5-9-15-24)30(21-25-16-10-11-22(2)19-25)27(31)18-17-23-12-6-4-7-13-23/h4-16,19,26H,3,17-18,20-21H2,1-2H3,(H,29,32)/t26-/m1/s1. The van der Waals surface area contributed by atoms with Crippen molar-refractivity contribution in [3.63, 3.8) is 0 Å². The maximum atomic E-state index is 13.5. The van der Waals surface area contributed by atoms with Gasteiger partial charge in [-0.25, -0.2) is 0 Å². The summed E-state index contributed by atoms with van der Waals surface area (Å²) in [4.78, 5) is 28.4. The van der Waals surface area contributed by atoms with Crippen LogP contribution in [0.3, 0.4) is 0 Å². The van der Waals surface area contributed by atoms with Crippen molar-refractivity contribution in [2.45, 2.75) is 45.7 Å². The van der Waals surface area contributed by atoms with Crippen LogP contribution in [0.2, 0.25) is 0 Å². The highest BCUT2D eigenvalue weighted by Gasteiger charge is 2.29. The Hall–Kier alpha value is -3.40. The molecule has 0 aromatic heterocycles. The lowest BCUT2D eigenvalue weighted by Crippen LogP contribution is -2.50. The molecule has 1 N–H and O–H groups in total. The Kier molecular flexibility index (Phi) is 8.61. The van der Waals surface area contributed by atoms with Gasteiger partial charge in [-0.15, -0.1) is 0 Å². The van der Waals surface area contributed by atoms with Crippen LogP contribution < -0.4 is 5.32 Å². The SMILES string of the molecule is CCNC(=O)[C@@H](Cc1ccccc1)N(Cc1cccc(C)c1)C(=O)CCc1ccccc1. The smallest absolute Gasteiger partial charge is 0.243 e. The first-order valence-corrected chi connectivity index (χ1v) is 11.3. The minimum absolute atomic E-state index is 0.0115. The number of amides is 2. The predicted molar refractivity (Wildman–Crippen MR) is 129 cm³/mol. The van der Waals surface area contributed by atoms with Crippen molar-refractivity contribution < 1.29 is 9.59 Å². The third kappa shape index (κ3) is 6.81. The van der Waals surface area contributed by atoms with Crippen LogP contribution >= 0.6 is 0 Å². The third-order valence-corrected chi connectivity index (χ3v) is 5.53. The van der Waals surface area contributed by atoms with Crippen LogP contribution in [0.15, 0.2) is 84.9 Å². The summed E-state index contributed by atoms with van der Waals surface area (Å²) in [6.45, 7) is 4.88. The summed E-state index contributed by atoms with van der Waals surface area (Å²) in [6.07, 6.45) is 1.49. The molecular formula is C28H32N2O2. The van der Waals surface area contributed by atoms with Crippen molar-refractivity contribution in [3.8, 4) is 0 Å². The Labute approximate surface area is 191 Å². The molecule has 3 aromatic carbocycles. The molecule has 0 radical (unpaired) electrons. The first kappa shape index (κ1) is 23.3. The van der Waals surface area contributed by atoms with Gasteiger partial charge in [0.05, 0.1) is 0 Å². The molecule has 0 spiro atoms. The van der Waals surface area contributed by atoms with E-state index in [9.17, 15) is 9.59 Å². The molecule has 3 rings (SSSR count). The van der Waals surface area contributed by atoms with Gasteiger partial charge in [0.1, 0.15) is 6.04 Å². The van der Waals surface area contributed by atoms with Gasteiger partial charge < -0.3 is 10.2 Å². The van der Waals surface area contributed by atoms with E-state index in [0.717, 1.165) is 22.3 Å². The molecule has 32 heavy (non-hydrogen) atoms. The lowest BCUT2D eigenvalue weighted by Gasteiger charge is -2.31. The minimum atomic E-state index is -0.568. The zero-order valence-electron chi connectivity index (χ0n) is 19.0. The Bertz CT molecular complexity index is 1000. The van der Waals surface area contributed by atoms with Crippen LogP contribution in [0, 0.1) is 6.92 Å². The maximum Gasteiger partial charge on any atom is 0.243 e. The highest BCUT2D eigenvalue weighted by atomic mass is 16.2. The predicted octanol–water partition coefficient (Wildman–Crippen LogP) is 4.70. The Morgan fingerprint density at radius 2 is 1.47 bits per heavy atom. The van der Waals surface area contributed by atoms with Crippen molar-refractivity contribution in [3.05, 3.63) is 107 Å². The monoisotopic (exact) mass is 428 g/mol. The van der Waals surface area contributed by atoms with Crippen LogP contribution in [0.5, 0.6) is 0 Å². The summed E-state index contributed by atoms with van der Waals surface area (Å²) < 4.78 is 0. The summed E-state index contributed by atoms with van der Waals surface area (Å²) >= 11 is 0. The maximum absolute atomic E-state index is 13.5. The molecule has 0 saturated heterocycles. The molecule has 0 aliphatic carbocycles. The number of nitrogens with zero attached hydrogens (tertiary/aromatic N) is 1. The molecule has 0 saturated carbocycles. The van der Waals surface area contributed by atoms with Gasteiger partial charge in [-0.05, 0) is 37.0 Å². The van der Waals surface area contributed by atoms with Gasteiger partial charge in [0.15, 0.2) is 0 Å². The van der Waals surface area contributed by atoms with Crippen LogP contribution in [-0.4, -0.2) is 29.3 Å². The topological polar surface area (TPSA) is 49.4 Å².